The Kier molecular flexibility index (Phi) is 4.16. The molecule has 2 rings (SSSR count). The van der Waals surface area contributed by atoms with Crippen LogP contribution in [0.1, 0.15) is 35.3 Å². The van der Waals surface area contributed by atoms with E-state index in [4.69, 9.17) is 5.73 Å². The summed E-state index contributed by atoms with van der Waals surface area (Å²) in [5.74, 6) is 0.466. The van der Waals surface area contributed by atoms with Crippen molar-refractivity contribution in [3.63, 3.8) is 0 Å². The number of pyridine rings is 1. The summed E-state index contributed by atoms with van der Waals surface area (Å²) in [5, 5.41) is 5.03. The van der Waals surface area contributed by atoms with Crippen molar-refractivity contribution >= 4 is 23.1 Å². The number of hydrogen-bond acceptors (Lipinski definition) is 4. The van der Waals surface area contributed by atoms with E-state index >= 15 is 0 Å². The van der Waals surface area contributed by atoms with Crippen LogP contribution in [-0.4, -0.2) is 10.9 Å². The first-order valence-corrected chi connectivity index (χ1v) is 7.02. The third-order valence-corrected chi connectivity index (χ3v) is 3.76. The summed E-state index contributed by atoms with van der Waals surface area (Å²) in [6.07, 6.45) is 0. The van der Waals surface area contributed by atoms with Crippen LogP contribution in [0.3, 0.4) is 0 Å². The summed E-state index contributed by atoms with van der Waals surface area (Å²) in [6.45, 7) is 4.16. The van der Waals surface area contributed by atoms with Crippen LogP contribution in [0.25, 0.3) is 0 Å². The van der Waals surface area contributed by atoms with E-state index in [-0.39, 0.29) is 11.9 Å². The van der Waals surface area contributed by atoms with Gasteiger partial charge < -0.3 is 11.1 Å². The van der Waals surface area contributed by atoms with Gasteiger partial charge in [0.15, 0.2) is 0 Å². The van der Waals surface area contributed by atoms with E-state index in [1.165, 1.54) is 0 Å². The molecule has 0 radical (unpaired) electrons. The number of nitrogen functional groups attached to an aromatic ring is 1. The van der Waals surface area contributed by atoms with E-state index in [0.717, 1.165) is 4.88 Å². The molecular weight excluding hydrogens is 258 g/mol. The second kappa shape index (κ2) is 5.84. The Hall–Kier alpha value is -1.88. The van der Waals surface area contributed by atoms with Crippen molar-refractivity contribution in [2.45, 2.75) is 19.9 Å². The molecular formula is C14H17N3OS. The highest BCUT2D eigenvalue weighted by molar-refractivity contribution is 7.10. The van der Waals surface area contributed by atoms with E-state index in [1.54, 1.807) is 29.5 Å². The van der Waals surface area contributed by atoms with Gasteiger partial charge in [-0.25, -0.2) is 4.98 Å². The van der Waals surface area contributed by atoms with Crippen LogP contribution in [0, 0.1) is 5.92 Å². The summed E-state index contributed by atoms with van der Waals surface area (Å²) >= 11 is 1.64. The first kappa shape index (κ1) is 13.5. The lowest BCUT2D eigenvalue weighted by Gasteiger charge is -2.21. The number of thiophene rings is 1. The molecule has 0 aliphatic heterocycles. The number of nitrogens with one attached hydrogen (secondary N) is 1. The van der Waals surface area contributed by atoms with E-state index in [0.29, 0.717) is 17.4 Å². The molecule has 0 aromatic carbocycles. The fourth-order valence-electron chi connectivity index (χ4n) is 1.83. The number of nitrogens with zero attached hydrogens (tertiary/aromatic N) is 1. The smallest absolute Gasteiger partial charge is 0.270 e. The zero-order chi connectivity index (χ0) is 13.8. The summed E-state index contributed by atoms with van der Waals surface area (Å²) in [5.41, 5.74) is 5.94. The summed E-state index contributed by atoms with van der Waals surface area (Å²) in [6, 6.07) is 9.07. The van der Waals surface area contributed by atoms with Crippen molar-refractivity contribution in [3.8, 4) is 0 Å². The molecule has 2 aromatic rings. The Labute approximate surface area is 116 Å². The lowest BCUT2D eigenvalue weighted by molar-refractivity contribution is 0.0921. The minimum atomic E-state index is -0.195. The Balaban J connectivity index is 2.16. The quantitative estimate of drug-likeness (QED) is 0.901. The van der Waals surface area contributed by atoms with Gasteiger partial charge in [0, 0.05) is 4.88 Å². The van der Waals surface area contributed by atoms with Crippen LogP contribution >= 0.6 is 11.3 Å². The van der Waals surface area contributed by atoms with Gasteiger partial charge in [-0.2, -0.15) is 0 Å². The second-order valence-corrected chi connectivity index (χ2v) is 5.64. The number of aromatic nitrogens is 1. The fraction of sp³-hybridized carbons (Fsp3) is 0.286. The Morgan fingerprint density at radius 3 is 2.68 bits per heavy atom. The molecule has 0 spiro atoms. The first-order chi connectivity index (χ1) is 9.08. The molecule has 2 aromatic heterocycles. The maximum Gasteiger partial charge on any atom is 0.270 e. The molecule has 0 saturated carbocycles. The number of rotatable bonds is 4. The average Bonchev–Trinajstić information content (AvgIpc) is 2.88. The monoisotopic (exact) mass is 275 g/mol. The van der Waals surface area contributed by atoms with Gasteiger partial charge >= 0.3 is 0 Å². The Bertz CT molecular complexity index is 552. The maximum atomic E-state index is 12.2. The van der Waals surface area contributed by atoms with Gasteiger partial charge in [0.2, 0.25) is 0 Å². The summed E-state index contributed by atoms with van der Waals surface area (Å²) < 4.78 is 0. The van der Waals surface area contributed by atoms with Gasteiger partial charge in [-0.3, -0.25) is 4.79 Å². The van der Waals surface area contributed by atoms with Crippen molar-refractivity contribution in [1.29, 1.82) is 0 Å². The molecule has 0 aliphatic carbocycles. The van der Waals surface area contributed by atoms with Gasteiger partial charge in [-0.05, 0) is 29.5 Å². The zero-order valence-electron chi connectivity index (χ0n) is 11.0. The first-order valence-electron chi connectivity index (χ1n) is 6.14. The number of carbonyl (C=O) groups is 1. The number of hydrogen-bond donors (Lipinski definition) is 2. The Morgan fingerprint density at radius 2 is 2.11 bits per heavy atom. The lowest BCUT2D eigenvalue weighted by atomic mass is 10.0. The zero-order valence-corrected chi connectivity index (χ0v) is 11.8. The normalized spacial score (nSPS) is 12.4. The molecule has 0 aliphatic rings. The molecule has 0 bridgehead atoms. The summed E-state index contributed by atoms with van der Waals surface area (Å²) in [4.78, 5) is 17.4. The van der Waals surface area contributed by atoms with Crippen molar-refractivity contribution in [3.05, 3.63) is 46.3 Å². The number of nitrogens with two attached hydrogens (primary N) is 1. The molecule has 2 heterocycles. The molecule has 1 unspecified atom stereocenters. The second-order valence-electron chi connectivity index (χ2n) is 4.66. The number of anilines is 1. The molecule has 5 heteroatoms. The summed E-state index contributed by atoms with van der Waals surface area (Å²) in [7, 11) is 0. The minimum Gasteiger partial charge on any atom is -0.384 e. The predicted molar refractivity (Wildman–Crippen MR) is 78.0 cm³/mol. The number of amides is 1. The highest BCUT2D eigenvalue weighted by atomic mass is 32.1. The molecule has 1 amide bonds. The van der Waals surface area contributed by atoms with Crippen molar-refractivity contribution in [2.24, 2.45) is 5.92 Å². The van der Waals surface area contributed by atoms with Crippen LogP contribution in [0.4, 0.5) is 5.82 Å². The third kappa shape index (κ3) is 3.32. The molecule has 1 atom stereocenters. The van der Waals surface area contributed by atoms with Crippen molar-refractivity contribution in [2.75, 3.05) is 5.73 Å². The molecule has 0 fully saturated rings. The Morgan fingerprint density at radius 1 is 1.32 bits per heavy atom. The van der Waals surface area contributed by atoms with E-state index < -0.39 is 0 Å². The van der Waals surface area contributed by atoms with Gasteiger partial charge in [-0.15, -0.1) is 11.3 Å². The van der Waals surface area contributed by atoms with Crippen LogP contribution in [-0.2, 0) is 0 Å². The third-order valence-electron chi connectivity index (χ3n) is 2.81. The van der Waals surface area contributed by atoms with Gasteiger partial charge in [0.05, 0.1) is 6.04 Å². The van der Waals surface area contributed by atoms with E-state index in [9.17, 15) is 4.79 Å². The van der Waals surface area contributed by atoms with Crippen LogP contribution in [0.15, 0.2) is 35.7 Å². The minimum absolute atomic E-state index is 0.00395. The molecule has 0 saturated heterocycles. The van der Waals surface area contributed by atoms with E-state index in [2.05, 4.69) is 24.1 Å². The standard InChI is InChI=1S/C14H17N3OS/c1-9(2)13(11-6-4-8-19-11)17-14(18)10-5-3-7-12(15)16-10/h3-9,13H,1-2H3,(H2,15,16)(H,17,18). The SMILES string of the molecule is CC(C)C(NC(=O)c1cccc(N)n1)c1cccs1. The molecule has 3 N–H and O–H groups in total. The van der Waals surface area contributed by atoms with Crippen LogP contribution in [0.2, 0.25) is 0 Å². The topological polar surface area (TPSA) is 68.0 Å². The van der Waals surface area contributed by atoms with Gasteiger partial charge in [-0.1, -0.05) is 26.0 Å². The van der Waals surface area contributed by atoms with Crippen LogP contribution in [0.5, 0.6) is 0 Å². The van der Waals surface area contributed by atoms with Gasteiger partial charge in [0.25, 0.3) is 5.91 Å². The lowest BCUT2D eigenvalue weighted by Crippen LogP contribution is -2.31. The highest BCUT2D eigenvalue weighted by Gasteiger charge is 2.20. The van der Waals surface area contributed by atoms with Crippen molar-refractivity contribution < 1.29 is 4.79 Å². The van der Waals surface area contributed by atoms with E-state index in [1.807, 2.05) is 17.5 Å². The van der Waals surface area contributed by atoms with Crippen molar-refractivity contribution in [1.82, 2.24) is 10.3 Å². The highest BCUT2D eigenvalue weighted by Crippen LogP contribution is 2.26. The largest absolute Gasteiger partial charge is 0.384 e. The molecule has 4 nitrogen and oxygen atoms in total. The number of carbonyl (C=O) groups excluding carboxylic acids is 1. The average molecular weight is 275 g/mol. The fourth-order valence-corrected chi connectivity index (χ4v) is 2.78. The predicted octanol–water partition coefficient (Wildman–Crippen LogP) is 2.85. The molecule has 19 heavy (non-hydrogen) atoms. The van der Waals surface area contributed by atoms with Gasteiger partial charge in [0.1, 0.15) is 11.5 Å². The van der Waals surface area contributed by atoms with Crippen LogP contribution < -0.4 is 11.1 Å². The molecule has 100 valence electrons. The maximum absolute atomic E-state index is 12.2.